The minimum Gasteiger partial charge on any atom is -0.372 e. The summed E-state index contributed by atoms with van der Waals surface area (Å²) in [5.74, 6) is 1.24. The van der Waals surface area contributed by atoms with Crippen molar-refractivity contribution in [1.82, 2.24) is 5.32 Å². The first-order valence-corrected chi connectivity index (χ1v) is 6.85. The SMILES string of the molecule is CC/C=C/CCCCCCCC1=NCCN1. The highest BCUT2D eigenvalue weighted by Crippen LogP contribution is 2.08. The van der Waals surface area contributed by atoms with E-state index in [1.165, 1.54) is 50.8 Å². The molecule has 0 fully saturated rings. The molecule has 2 heteroatoms. The highest BCUT2D eigenvalue weighted by Gasteiger charge is 2.03. The summed E-state index contributed by atoms with van der Waals surface area (Å²) in [5, 5.41) is 3.32. The van der Waals surface area contributed by atoms with Crippen molar-refractivity contribution < 1.29 is 0 Å². The lowest BCUT2D eigenvalue weighted by Crippen LogP contribution is -2.17. The van der Waals surface area contributed by atoms with Crippen molar-refractivity contribution in [3.8, 4) is 0 Å². The molecule has 1 aliphatic heterocycles. The molecule has 1 rings (SSSR count). The van der Waals surface area contributed by atoms with Crippen LogP contribution in [-0.4, -0.2) is 18.9 Å². The predicted octanol–water partition coefficient (Wildman–Crippen LogP) is 3.69. The third-order valence-electron chi connectivity index (χ3n) is 2.93. The van der Waals surface area contributed by atoms with Gasteiger partial charge in [-0.25, -0.2) is 0 Å². The van der Waals surface area contributed by atoms with Crippen molar-refractivity contribution in [2.45, 2.75) is 58.3 Å². The van der Waals surface area contributed by atoms with Gasteiger partial charge in [-0.05, 0) is 25.7 Å². The number of amidine groups is 1. The van der Waals surface area contributed by atoms with E-state index in [0.717, 1.165) is 19.5 Å². The second-order valence-electron chi connectivity index (χ2n) is 4.44. The molecular weight excluding hydrogens is 196 g/mol. The predicted molar refractivity (Wildman–Crippen MR) is 72.1 cm³/mol. The van der Waals surface area contributed by atoms with Gasteiger partial charge < -0.3 is 5.32 Å². The van der Waals surface area contributed by atoms with E-state index in [2.05, 4.69) is 29.4 Å². The number of aliphatic imine (C=N–C) groups is 1. The van der Waals surface area contributed by atoms with E-state index < -0.39 is 0 Å². The third-order valence-corrected chi connectivity index (χ3v) is 2.93. The number of unbranched alkanes of at least 4 members (excludes halogenated alkanes) is 5. The van der Waals surface area contributed by atoms with Crippen molar-refractivity contribution in [3.05, 3.63) is 12.2 Å². The molecule has 16 heavy (non-hydrogen) atoms. The topological polar surface area (TPSA) is 24.4 Å². The average molecular weight is 222 g/mol. The lowest BCUT2D eigenvalue weighted by molar-refractivity contribution is 0.625. The van der Waals surface area contributed by atoms with Gasteiger partial charge in [0.05, 0.1) is 12.4 Å². The number of nitrogens with one attached hydrogen (secondary N) is 1. The van der Waals surface area contributed by atoms with E-state index in [-0.39, 0.29) is 0 Å². The molecule has 0 radical (unpaired) electrons. The Bertz CT molecular complexity index is 219. The van der Waals surface area contributed by atoms with Gasteiger partial charge in [-0.1, -0.05) is 38.3 Å². The quantitative estimate of drug-likeness (QED) is 0.467. The van der Waals surface area contributed by atoms with E-state index in [1.807, 2.05) is 0 Å². The fourth-order valence-corrected chi connectivity index (χ4v) is 1.98. The van der Waals surface area contributed by atoms with E-state index in [4.69, 9.17) is 0 Å². The first-order chi connectivity index (χ1) is 7.93. The Morgan fingerprint density at radius 3 is 2.69 bits per heavy atom. The molecule has 0 aromatic rings. The molecule has 0 unspecified atom stereocenters. The van der Waals surface area contributed by atoms with Gasteiger partial charge >= 0.3 is 0 Å². The number of hydrogen-bond acceptors (Lipinski definition) is 2. The summed E-state index contributed by atoms with van der Waals surface area (Å²) < 4.78 is 0. The molecule has 2 nitrogen and oxygen atoms in total. The third kappa shape index (κ3) is 6.65. The Balaban J connectivity index is 1.79. The van der Waals surface area contributed by atoms with Gasteiger partial charge in [-0.2, -0.15) is 0 Å². The Hall–Kier alpha value is -0.790. The van der Waals surface area contributed by atoms with E-state index >= 15 is 0 Å². The van der Waals surface area contributed by atoms with E-state index in [1.54, 1.807) is 0 Å². The monoisotopic (exact) mass is 222 g/mol. The molecule has 0 atom stereocenters. The van der Waals surface area contributed by atoms with E-state index in [9.17, 15) is 0 Å². The van der Waals surface area contributed by atoms with Gasteiger partial charge in [0.25, 0.3) is 0 Å². The normalized spacial score (nSPS) is 15.4. The summed E-state index contributed by atoms with van der Waals surface area (Å²) in [6, 6.07) is 0. The van der Waals surface area contributed by atoms with Crippen LogP contribution in [0.2, 0.25) is 0 Å². The summed E-state index contributed by atoms with van der Waals surface area (Å²) in [4.78, 5) is 4.40. The minimum absolute atomic E-state index is 0.985. The molecule has 0 saturated carbocycles. The summed E-state index contributed by atoms with van der Waals surface area (Å²) in [6.07, 6.45) is 15.0. The maximum Gasteiger partial charge on any atom is 0.0964 e. The van der Waals surface area contributed by atoms with Gasteiger partial charge in [0.1, 0.15) is 0 Å². The van der Waals surface area contributed by atoms with Crippen molar-refractivity contribution >= 4 is 5.84 Å². The molecule has 1 aliphatic rings. The molecule has 0 aromatic carbocycles. The van der Waals surface area contributed by atoms with Crippen molar-refractivity contribution in [2.24, 2.45) is 4.99 Å². The van der Waals surface area contributed by atoms with Crippen LogP contribution in [0.1, 0.15) is 58.3 Å². The maximum atomic E-state index is 4.40. The van der Waals surface area contributed by atoms with Crippen molar-refractivity contribution in [3.63, 3.8) is 0 Å². The standard InChI is InChI=1S/C14H26N2/c1-2-3-4-5-6-7-8-9-10-11-14-15-12-13-16-14/h3-4H,2,5-13H2,1H3,(H,15,16)/b4-3+. The molecule has 1 N–H and O–H groups in total. The smallest absolute Gasteiger partial charge is 0.0964 e. The van der Waals surface area contributed by atoms with Gasteiger partial charge in [0.2, 0.25) is 0 Å². The van der Waals surface area contributed by atoms with Gasteiger partial charge in [0.15, 0.2) is 0 Å². The summed E-state index contributed by atoms with van der Waals surface area (Å²) in [5.41, 5.74) is 0. The summed E-state index contributed by atoms with van der Waals surface area (Å²) in [6.45, 7) is 4.23. The molecule has 92 valence electrons. The highest BCUT2D eigenvalue weighted by atomic mass is 15.1. The van der Waals surface area contributed by atoms with E-state index in [0.29, 0.717) is 0 Å². The van der Waals surface area contributed by atoms with Crippen molar-refractivity contribution in [2.75, 3.05) is 13.1 Å². The summed E-state index contributed by atoms with van der Waals surface area (Å²) >= 11 is 0. The largest absolute Gasteiger partial charge is 0.372 e. The zero-order valence-corrected chi connectivity index (χ0v) is 10.7. The number of allylic oxidation sites excluding steroid dienone is 2. The van der Waals surface area contributed by atoms with Crippen LogP contribution in [0.4, 0.5) is 0 Å². The lowest BCUT2D eigenvalue weighted by Gasteiger charge is -2.02. The first-order valence-electron chi connectivity index (χ1n) is 6.85. The van der Waals surface area contributed by atoms with Crippen molar-refractivity contribution in [1.29, 1.82) is 0 Å². The zero-order chi connectivity index (χ0) is 11.5. The molecule has 0 amide bonds. The number of nitrogens with zero attached hydrogens (tertiary/aromatic N) is 1. The molecule has 1 heterocycles. The molecule has 0 saturated heterocycles. The molecule has 0 spiro atoms. The average Bonchev–Trinajstić information content (AvgIpc) is 2.80. The van der Waals surface area contributed by atoms with Crippen LogP contribution >= 0.6 is 0 Å². The van der Waals surface area contributed by atoms with Gasteiger partial charge in [0, 0.05) is 13.0 Å². The minimum atomic E-state index is 0.985. The zero-order valence-electron chi connectivity index (χ0n) is 10.7. The number of rotatable bonds is 9. The molecule has 0 aromatic heterocycles. The van der Waals surface area contributed by atoms with Crippen LogP contribution in [0.3, 0.4) is 0 Å². The Morgan fingerprint density at radius 1 is 1.12 bits per heavy atom. The second-order valence-corrected chi connectivity index (χ2v) is 4.44. The molecular formula is C14H26N2. The van der Waals surface area contributed by atoms with Gasteiger partial charge in [-0.3, -0.25) is 4.99 Å². The lowest BCUT2D eigenvalue weighted by atomic mass is 10.1. The fourth-order valence-electron chi connectivity index (χ4n) is 1.98. The Kier molecular flexibility index (Phi) is 7.83. The summed E-state index contributed by atoms with van der Waals surface area (Å²) in [7, 11) is 0. The first kappa shape index (κ1) is 13.3. The van der Waals surface area contributed by atoms with Crippen LogP contribution in [0.25, 0.3) is 0 Å². The Labute approximate surface area is 100 Å². The number of hydrogen-bond donors (Lipinski definition) is 1. The van der Waals surface area contributed by atoms with Crippen LogP contribution in [-0.2, 0) is 0 Å². The van der Waals surface area contributed by atoms with Crippen LogP contribution in [0.15, 0.2) is 17.1 Å². The van der Waals surface area contributed by atoms with Crippen LogP contribution in [0.5, 0.6) is 0 Å². The maximum absolute atomic E-state index is 4.40. The second kappa shape index (κ2) is 9.44. The van der Waals surface area contributed by atoms with Crippen LogP contribution in [0, 0.1) is 0 Å². The fraction of sp³-hybridized carbons (Fsp3) is 0.786. The Morgan fingerprint density at radius 2 is 1.94 bits per heavy atom. The van der Waals surface area contributed by atoms with Crippen LogP contribution < -0.4 is 5.32 Å². The van der Waals surface area contributed by atoms with Gasteiger partial charge in [-0.15, -0.1) is 0 Å². The highest BCUT2D eigenvalue weighted by molar-refractivity contribution is 5.83. The molecule has 0 aliphatic carbocycles. The molecule has 0 bridgehead atoms.